The SMILES string of the molecule is CCOc1cc(Nc2ccc(I)cc2)ccc1N. The number of nitrogens with two attached hydrogens (primary N) is 1. The number of anilines is 3. The summed E-state index contributed by atoms with van der Waals surface area (Å²) in [7, 11) is 0. The topological polar surface area (TPSA) is 47.3 Å². The summed E-state index contributed by atoms with van der Waals surface area (Å²) in [4.78, 5) is 0. The molecule has 2 aromatic rings. The van der Waals surface area contributed by atoms with Crippen molar-refractivity contribution in [2.45, 2.75) is 6.92 Å². The average molecular weight is 354 g/mol. The Morgan fingerprint density at radius 1 is 1.11 bits per heavy atom. The van der Waals surface area contributed by atoms with Crippen LogP contribution in [0.5, 0.6) is 5.75 Å². The molecule has 0 heterocycles. The third-order valence-corrected chi connectivity index (χ3v) is 3.17. The summed E-state index contributed by atoms with van der Waals surface area (Å²) in [5.74, 6) is 0.716. The van der Waals surface area contributed by atoms with Crippen molar-refractivity contribution in [2.24, 2.45) is 0 Å². The molecule has 0 aromatic heterocycles. The molecule has 2 rings (SSSR count). The van der Waals surface area contributed by atoms with Crippen LogP contribution in [0.4, 0.5) is 17.1 Å². The number of rotatable bonds is 4. The number of ether oxygens (including phenoxy) is 1. The zero-order chi connectivity index (χ0) is 13.0. The van der Waals surface area contributed by atoms with E-state index in [4.69, 9.17) is 10.5 Å². The van der Waals surface area contributed by atoms with E-state index in [2.05, 4.69) is 40.0 Å². The first-order valence-electron chi connectivity index (χ1n) is 5.74. The first-order chi connectivity index (χ1) is 8.69. The van der Waals surface area contributed by atoms with E-state index < -0.39 is 0 Å². The first kappa shape index (κ1) is 13.0. The number of hydrogen-bond donors (Lipinski definition) is 2. The summed E-state index contributed by atoms with van der Waals surface area (Å²) < 4.78 is 6.68. The Kier molecular flexibility index (Phi) is 4.30. The van der Waals surface area contributed by atoms with Crippen LogP contribution in [0.25, 0.3) is 0 Å². The maximum absolute atomic E-state index is 5.83. The van der Waals surface area contributed by atoms with Crippen molar-refractivity contribution in [1.82, 2.24) is 0 Å². The van der Waals surface area contributed by atoms with Gasteiger partial charge in [0, 0.05) is 21.0 Å². The highest BCUT2D eigenvalue weighted by Crippen LogP contribution is 2.27. The number of nitrogen functional groups attached to an aromatic ring is 1. The minimum absolute atomic E-state index is 0.608. The van der Waals surface area contributed by atoms with Gasteiger partial charge in [0.2, 0.25) is 0 Å². The van der Waals surface area contributed by atoms with Crippen molar-refractivity contribution >= 4 is 39.7 Å². The summed E-state index contributed by atoms with van der Waals surface area (Å²) in [6, 6.07) is 13.9. The molecule has 0 atom stereocenters. The molecular weight excluding hydrogens is 339 g/mol. The van der Waals surface area contributed by atoms with Crippen molar-refractivity contribution in [3.63, 3.8) is 0 Å². The Morgan fingerprint density at radius 3 is 2.44 bits per heavy atom. The molecule has 0 saturated carbocycles. The van der Waals surface area contributed by atoms with E-state index >= 15 is 0 Å². The molecular formula is C14H15IN2O. The lowest BCUT2D eigenvalue weighted by atomic mass is 10.2. The second-order valence-corrected chi connectivity index (χ2v) is 5.06. The number of nitrogens with one attached hydrogen (secondary N) is 1. The zero-order valence-corrected chi connectivity index (χ0v) is 12.3. The molecule has 4 heteroatoms. The predicted molar refractivity (Wildman–Crippen MR) is 84.5 cm³/mol. The van der Waals surface area contributed by atoms with Gasteiger partial charge in [-0.3, -0.25) is 0 Å². The van der Waals surface area contributed by atoms with Crippen molar-refractivity contribution < 1.29 is 4.74 Å². The van der Waals surface area contributed by atoms with E-state index in [-0.39, 0.29) is 0 Å². The van der Waals surface area contributed by atoms with Crippen LogP contribution < -0.4 is 15.8 Å². The monoisotopic (exact) mass is 354 g/mol. The molecule has 0 unspecified atom stereocenters. The third-order valence-electron chi connectivity index (χ3n) is 2.45. The van der Waals surface area contributed by atoms with Crippen LogP contribution >= 0.6 is 22.6 Å². The van der Waals surface area contributed by atoms with Gasteiger partial charge in [0.1, 0.15) is 5.75 Å². The summed E-state index contributed by atoms with van der Waals surface area (Å²) in [6.45, 7) is 2.55. The van der Waals surface area contributed by atoms with Crippen LogP contribution in [0, 0.1) is 3.57 Å². The largest absolute Gasteiger partial charge is 0.492 e. The average Bonchev–Trinajstić information content (AvgIpc) is 2.37. The lowest BCUT2D eigenvalue weighted by Crippen LogP contribution is -1.98. The van der Waals surface area contributed by atoms with Crippen LogP contribution in [0.3, 0.4) is 0 Å². The van der Waals surface area contributed by atoms with Crippen molar-refractivity contribution in [3.8, 4) is 5.75 Å². The van der Waals surface area contributed by atoms with Crippen molar-refractivity contribution in [3.05, 3.63) is 46.0 Å². The van der Waals surface area contributed by atoms with E-state index in [1.54, 1.807) is 0 Å². The highest BCUT2D eigenvalue weighted by Gasteiger charge is 2.02. The number of benzene rings is 2. The van der Waals surface area contributed by atoms with Gasteiger partial charge in [0.25, 0.3) is 0 Å². The zero-order valence-electron chi connectivity index (χ0n) is 10.1. The maximum atomic E-state index is 5.83. The van der Waals surface area contributed by atoms with Crippen LogP contribution in [-0.4, -0.2) is 6.61 Å². The molecule has 3 nitrogen and oxygen atoms in total. The minimum atomic E-state index is 0.608. The molecule has 0 amide bonds. The molecule has 18 heavy (non-hydrogen) atoms. The Labute approximate surface area is 120 Å². The molecule has 2 aromatic carbocycles. The fraction of sp³-hybridized carbons (Fsp3) is 0.143. The quantitative estimate of drug-likeness (QED) is 0.644. The summed E-state index contributed by atoms with van der Waals surface area (Å²) in [5, 5.41) is 3.32. The highest BCUT2D eigenvalue weighted by atomic mass is 127. The fourth-order valence-corrected chi connectivity index (χ4v) is 1.95. The molecule has 0 bridgehead atoms. The maximum Gasteiger partial charge on any atom is 0.144 e. The van der Waals surface area contributed by atoms with Gasteiger partial charge in [-0.25, -0.2) is 0 Å². The Bertz CT molecular complexity index is 526. The lowest BCUT2D eigenvalue weighted by Gasteiger charge is -2.11. The number of halogens is 1. The van der Waals surface area contributed by atoms with Gasteiger partial charge in [-0.05, 0) is 65.9 Å². The molecule has 0 aliphatic carbocycles. The van der Waals surface area contributed by atoms with Gasteiger partial charge in [0.05, 0.1) is 12.3 Å². The van der Waals surface area contributed by atoms with Gasteiger partial charge in [-0.2, -0.15) is 0 Å². The van der Waals surface area contributed by atoms with Gasteiger partial charge >= 0.3 is 0 Å². The Morgan fingerprint density at radius 2 is 1.78 bits per heavy atom. The standard InChI is InChI=1S/C14H15IN2O/c1-2-18-14-9-12(7-8-13(14)16)17-11-5-3-10(15)4-6-11/h3-9,17H,2,16H2,1H3. The molecule has 3 N–H and O–H groups in total. The van der Waals surface area contributed by atoms with Gasteiger partial charge in [0.15, 0.2) is 0 Å². The lowest BCUT2D eigenvalue weighted by molar-refractivity contribution is 0.342. The predicted octanol–water partition coefficient (Wildman–Crippen LogP) is 4.02. The van der Waals surface area contributed by atoms with Crippen LogP contribution in [0.15, 0.2) is 42.5 Å². The summed E-state index contributed by atoms with van der Waals surface area (Å²) >= 11 is 2.28. The molecule has 0 fully saturated rings. The normalized spacial score (nSPS) is 10.1. The molecule has 0 radical (unpaired) electrons. The summed E-state index contributed by atoms with van der Waals surface area (Å²) in [6.07, 6.45) is 0. The first-order valence-corrected chi connectivity index (χ1v) is 6.82. The molecule has 94 valence electrons. The van der Waals surface area contributed by atoms with Gasteiger partial charge < -0.3 is 15.8 Å². The van der Waals surface area contributed by atoms with Crippen molar-refractivity contribution in [1.29, 1.82) is 0 Å². The number of hydrogen-bond acceptors (Lipinski definition) is 3. The van der Waals surface area contributed by atoms with Gasteiger partial charge in [-0.15, -0.1) is 0 Å². The van der Waals surface area contributed by atoms with Crippen LogP contribution in [0.2, 0.25) is 0 Å². The molecule has 0 aliphatic heterocycles. The smallest absolute Gasteiger partial charge is 0.144 e. The van der Waals surface area contributed by atoms with Gasteiger partial charge in [-0.1, -0.05) is 0 Å². The van der Waals surface area contributed by atoms with Crippen LogP contribution in [0.1, 0.15) is 6.92 Å². The van der Waals surface area contributed by atoms with E-state index in [0.717, 1.165) is 11.4 Å². The second-order valence-electron chi connectivity index (χ2n) is 3.82. The van der Waals surface area contributed by atoms with E-state index in [9.17, 15) is 0 Å². The molecule has 0 saturated heterocycles. The second kappa shape index (κ2) is 5.95. The molecule has 0 aliphatic rings. The van der Waals surface area contributed by atoms with E-state index in [1.807, 2.05) is 37.3 Å². The Balaban J connectivity index is 2.18. The highest BCUT2D eigenvalue weighted by molar-refractivity contribution is 14.1. The minimum Gasteiger partial charge on any atom is -0.492 e. The van der Waals surface area contributed by atoms with Crippen molar-refractivity contribution in [2.75, 3.05) is 17.7 Å². The molecule has 0 spiro atoms. The van der Waals surface area contributed by atoms with E-state index in [0.29, 0.717) is 18.0 Å². The van der Waals surface area contributed by atoms with E-state index in [1.165, 1.54) is 3.57 Å². The third kappa shape index (κ3) is 3.29. The van der Waals surface area contributed by atoms with Crippen LogP contribution in [-0.2, 0) is 0 Å². The Hall–Kier alpha value is -1.43. The fourth-order valence-electron chi connectivity index (χ4n) is 1.59. The summed E-state index contributed by atoms with van der Waals surface area (Å²) in [5.41, 5.74) is 8.50.